The second kappa shape index (κ2) is 5.43. The highest BCUT2D eigenvalue weighted by Gasteiger charge is 2.44. The lowest BCUT2D eigenvalue weighted by molar-refractivity contribution is -0.137. The molecular formula is C14H13F3N4O. The Bertz CT molecular complexity index is 669. The second-order valence-corrected chi connectivity index (χ2v) is 5.22. The van der Waals surface area contributed by atoms with Gasteiger partial charge < -0.3 is 5.32 Å². The van der Waals surface area contributed by atoms with E-state index in [0.717, 1.165) is 12.1 Å². The van der Waals surface area contributed by atoms with E-state index in [2.05, 4.69) is 20.5 Å². The molecule has 0 aliphatic heterocycles. The third-order valence-electron chi connectivity index (χ3n) is 3.66. The summed E-state index contributed by atoms with van der Waals surface area (Å²) in [6, 6.07) is 5.16. The summed E-state index contributed by atoms with van der Waals surface area (Å²) >= 11 is 0. The van der Waals surface area contributed by atoms with Crippen molar-refractivity contribution >= 4 is 5.91 Å². The van der Waals surface area contributed by atoms with Gasteiger partial charge >= 0.3 is 6.18 Å². The summed E-state index contributed by atoms with van der Waals surface area (Å²) in [7, 11) is 0. The van der Waals surface area contributed by atoms with Gasteiger partial charge in [0.15, 0.2) is 0 Å². The van der Waals surface area contributed by atoms with Crippen LogP contribution in [0.25, 0.3) is 0 Å². The standard InChI is InChI=1S/C14H13F3N4O/c15-14(16,17)9-3-1-2-8(4-9)10-5-11(10)13(22)18-6-12-19-7-20-21-12/h1-4,7,10-11H,5-6H2,(H,18,22)(H,19,20,21)/t10-,11-/m0/s1. The number of nitrogens with zero attached hydrogens (tertiary/aromatic N) is 2. The number of aromatic nitrogens is 3. The van der Waals surface area contributed by atoms with Crippen molar-refractivity contribution in [3.05, 3.63) is 47.5 Å². The first-order chi connectivity index (χ1) is 10.4. The Labute approximate surface area is 123 Å². The minimum atomic E-state index is -4.37. The van der Waals surface area contributed by atoms with Gasteiger partial charge in [0.1, 0.15) is 12.2 Å². The number of carbonyl (C=O) groups is 1. The summed E-state index contributed by atoms with van der Waals surface area (Å²) in [6.45, 7) is 0.227. The van der Waals surface area contributed by atoms with Crippen LogP contribution in [0.5, 0.6) is 0 Å². The number of aromatic amines is 1. The van der Waals surface area contributed by atoms with E-state index in [1.165, 1.54) is 12.4 Å². The molecule has 2 aromatic rings. The molecule has 5 nitrogen and oxygen atoms in total. The number of amides is 1. The molecular weight excluding hydrogens is 297 g/mol. The van der Waals surface area contributed by atoms with Crippen LogP contribution in [-0.2, 0) is 17.5 Å². The van der Waals surface area contributed by atoms with E-state index < -0.39 is 11.7 Å². The van der Waals surface area contributed by atoms with Crippen LogP contribution in [0, 0.1) is 5.92 Å². The van der Waals surface area contributed by atoms with E-state index in [1.807, 2.05) is 0 Å². The van der Waals surface area contributed by atoms with Crippen molar-refractivity contribution in [3.8, 4) is 0 Å². The number of halogens is 3. The zero-order chi connectivity index (χ0) is 15.7. The average Bonchev–Trinajstić information content (AvgIpc) is 3.12. The summed E-state index contributed by atoms with van der Waals surface area (Å²) in [5, 5.41) is 8.98. The van der Waals surface area contributed by atoms with Crippen LogP contribution in [0.2, 0.25) is 0 Å². The van der Waals surface area contributed by atoms with Gasteiger partial charge in [-0.15, -0.1) is 0 Å². The Morgan fingerprint density at radius 1 is 1.41 bits per heavy atom. The molecule has 116 valence electrons. The largest absolute Gasteiger partial charge is 0.416 e. The van der Waals surface area contributed by atoms with Gasteiger partial charge in [-0.25, -0.2) is 4.98 Å². The zero-order valence-electron chi connectivity index (χ0n) is 11.4. The highest BCUT2D eigenvalue weighted by atomic mass is 19.4. The molecule has 0 radical (unpaired) electrons. The molecule has 2 N–H and O–H groups in total. The predicted octanol–water partition coefficient (Wildman–Crippen LogP) is 2.24. The molecule has 1 aliphatic rings. The van der Waals surface area contributed by atoms with Gasteiger partial charge in [-0.3, -0.25) is 9.89 Å². The number of hydrogen-bond acceptors (Lipinski definition) is 3. The zero-order valence-corrected chi connectivity index (χ0v) is 11.4. The van der Waals surface area contributed by atoms with Crippen molar-refractivity contribution in [2.75, 3.05) is 0 Å². The molecule has 0 spiro atoms. The highest BCUT2D eigenvalue weighted by Crippen LogP contribution is 2.48. The first kappa shape index (κ1) is 14.6. The number of alkyl halides is 3. The normalized spacial score (nSPS) is 20.7. The monoisotopic (exact) mass is 310 g/mol. The molecule has 1 amide bonds. The maximum absolute atomic E-state index is 12.7. The molecule has 1 saturated carbocycles. The molecule has 0 unspecified atom stereocenters. The minimum Gasteiger partial charge on any atom is -0.349 e. The maximum Gasteiger partial charge on any atom is 0.416 e. The van der Waals surface area contributed by atoms with E-state index in [0.29, 0.717) is 17.8 Å². The molecule has 1 aromatic carbocycles. The second-order valence-electron chi connectivity index (χ2n) is 5.22. The van der Waals surface area contributed by atoms with Crippen LogP contribution in [0.15, 0.2) is 30.6 Å². The fraction of sp³-hybridized carbons (Fsp3) is 0.357. The van der Waals surface area contributed by atoms with Crippen LogP contribution in [0.1, 0.15) is 29.3 Å². The first-order valence-corrected chi connectivity index (χ1v) is 6.74. The molecule has 0 bridgehead atoms. The predicted molar refractivity (Wildman–Crippen MR) is 70.5 cm³/mol. The van der Waals surface area contributed by atoms with Crippen LogP contribution < -0.4 is 5.32 Å². The van der Waals surface area contributed by atoms with E-state index in [4.69, 9.17) is 0 Å². The van der Waals surface area contributed by atoms with Crippen molar-refractivity contribution in [2.24, 2.45) is 5.92 Å². The lowest BCUT2D eigenvalue weighted by Gasteiger charge is -2.08. The van der Waals surface area contributed by atoms with Crippen LogP contribution in [-0.4, -0.2) is 21.1 Å². The summed E-state index contributed by atoms with van der Waals surface area (Å²) < 4.78 is 38.1. The summed E-state index contributed by atoms with van der Waals surface area (Å²) in [5.41, 5.74) is -0.132. The third kappa shape index (κ3) is 3.10. The van der Waals surface area contributed by atoms with Gasteiger partial charge in [0.2, 0.25) is 5.91 Å². The third-order valence-corrected chi connectivity index (χ3v) is 3.66. The van der Waals surface area contributed by atoms with Crippen LogP contribution >= 0.6 is 0 Å². The Kier molecular flexibility index (Phi) is 3.59. The van der Waals surface area contributed by atoms with Gasteiger partial charge in [0.05, 0.1) is 12.1 Å². The van der Waals surface area contributed by atoms with Crippen molar-refractivity contribution in [3.63, 3.8) is 0 Å². The number of H-pyrrole nitrogens is 1. The van der Waals surface area contributed by atoms with E-state index >= 15 is 0 Å². The number of hydrogen-bond donors (Lipinski definition) is 2. The Balaban J connectivity index is 1.61. The summed E-state index contributed by atoms with van der Waals surface area (Å²) in [5.74, 6) is -0.0909. The highest BCUT2D eigenvalue weighted by molar-refractivity contribution is 5.82. The van der Waals surface area contributed by atoms with Gasteiger partial charge in [0, 0.05) is 5.92 Å². The SMILES string of the molecule is O=C(NCc1ncn[nH]1)[C@H]1C[C@H]1c1cccc(C(F)(F)F)c1. The van der Waals surface area contributed by atoms with Gasteiger partial charge in [-0.1, -0.05) is 18.2 Å². The Morgan fingerprint density at radius 2 is 2.23 bits per heavy atom. The Morgan fingerprint density at radius 3 is 2.91 bits per heavy atom. The van der Waals surface area contributed by atoms with Gasteiger partial charge in [-0.05, 0) is 24.0 Å². The molecule has 0 saturated heterocycles. The quantitative estimate of drug-likeness (QED) is 0.910. The van der Waals surface area contributed by atoms with Crippen molar-refractivity contribution in [1.29, 1.82) is 0 Å². The molecule has 1 aliphatic carbocycles. The Hall–Kier alpha value is -2.38. The maximum atomic E-state index is 12.7. The topological polar surface area (TPSA) is 70.7 Å². The number of benzene rings is 1. The van der Waals surface area contributed by atoms with Gasteiger partial charge in [-0.2, -0.15) is 18.3 Å². The molecule has 1 aromatic heterocycles. The fourth-order valence-electron chi connectivity index (χ4n) is 2.42. The minimum absolute atomic E-state index is 0.156. The fourth-order valence-corrected chi connectivity index (χ4v) is 2.42. The van der Waals surface area contributed by atoms with Crippen molar-refractivity contribution < 1.29 is 18.0 Å². The van der Waals surface area contributed by atoms with Crippen molar-refractivity contribution in [2.45, 2.75) is 25.1 Å². The molecule has 22 heavy (non-hydrogen) atoms. The van der Waals surface area contributed by atoms with Gasteiger partial charge in [0.25, 0.3) is 0 Å². The lowest BCUT2D eigenvalue weighted by Crippen LogP contribution is -2.25. The smallest absolute Gasteiger partial charge is 0.349 e. The molecule has 8 heteroatoms. The van der Waals surface area contributed by atoms with Crippen LogP contribution in [0.3, 0.4) is 0 Å². The lowest BCUT2D eigenvalue weighted by atomic mass is 10.1. The molecule has 1 heterocycles. The molecule has 3 rings (SSSR count). The summed E-state index contributed by atoms with van der Waals surface area (Å²) in [4.78, 5) is 15.8. The van der Waals surface area contributed by atoms with E-state index in [-0.39, 0.29) is 24.3 Å². The molecule has 1 fully saturated rings. The first-order valence-electron chi connectivity index (χ1n) is 6.74. The number of carbonyl (C=O) groups excluding carboxylic acids is 1. The number of rotatable bonds is 4. The molecule has 2 atom stereocenters. The van der Waals surface area contributed by atoms with Crippen LogP contribution in [0.4, 0.5) is 13.2 Å². The van der Waals surface area contributed by atoms with E-state index in [9.17, 15) is 18.0 Å². The average molecular weight is 310 g/mol. The summed E-state index contributed by atoms with van der Waals surface area (Å²) in [6.07, 6.45) is -2.47. The number of nitrogens with one attached hydrogen (secondary N) is 2. The van der Waals surface area contributed by atoms with Crippen molar-refractivity contribution in [1.82, 2.24) is 20.5 Å². The van der Waals surface area contributed by atoms with E-state index in [1.54, 1.807) is 6.07 Å².